The van der Waals surface area contributed by atoms with Crippen molar-refractivity contribution in [2.24, 2.45) is 0 Å². The van der Waals surface area contributed by atoms with Crippen molar-refractivity contribution in [3.63, 3.8) is 0 Å². The van der Waals surface area contributed by atoms with Crippen molar-refractivity contribution in [3.8, 4) is 5.69 Å². The van der Waals surface area contributed by atoms with Gasteiger partial charge in [-0.15, -0.1) is 10.2 Å². The van der Waals surface area contributed by atoms with Crippen LogP contribution in [0.2, 0.25) is 0 Å². The van der Waals surface area contributed by atoms with E-state index in [9.17, 15) is 9.18 Å². The molecule has 88 valence electrons. The summed E-state index contributed by atoms with van der Waals surface area (Å²) in [4.78, 5) is 10.5. The first-order valence-corrected chi connectivity index (χ1v) is 5.66. The Morgan fingerprint density at radius 1 is 1.47 bits per heavy atom. The molecule has 7 heteroatoms. The summed E-state index contributed by atoms with van der Waals surface area (Å²) in [5.41, 5.74) is 0.297. The summed E-state index contributed by atoms with van der Waals surface area (Å²) >= 11 is 0.988. The molecule has 0 amide bonds. The van der Waals surface area contributed by atoms with Gasteiger partial charge in [0, 0.05) is 0 Å². The zero-order valence-corrected chi connectivity index (χ0v) is 9.39. The van der Waals surface area contributed by atoms with Crippen molar-refractivity contribution < 1.29 is 14.3 Å². The Morgan fingerprint density at radius 3 is 2.94 bits per heavy atom. The lowest BCUT2D eigenvalue weighted by atomic mass is 10.3. The predicted octanol–water partition coefficient (Wildman–Crippen LogP) is 1.58. The van der Waals surface area contributed by atoms with Gasteiger partial charge in [0.15, 0.2) is 5.16 Å². The highest BCUT2D eigenvalue weighted by molar-refractivity contribution is 7.99. The Balaban J connectivity index is 2.31. The smallest absolute Gasteiger partial charge is 0.313 e. The second-order valence-electron chi connectivity index (χ2n) is 3.12. The fourth-order valence-electron chi connectivity index (χ4n) is 1.26. The molecule has 0 bridgehead atoms. The van der Waals surface area contributed by atoms with Gasteiger partial charge in [0.25, 0.3) is 0 Å². The number of hydrogen-bond acceptors (Lipinski definition) is 4. The highest BCUT2D eigenvalue weighted by atomic mass is 32.2. The van der Waals surface area contributed by atoms with E-state index in [4.69, 9.17) is 5.11 Å². The van der Waals surface area contributed by atoms with Crippen LogP contribution in [-0.4, -0.2) is 31.6 Å². The largest absolute Gasteiger partial charge is 0.481 e. The van der Waals surface area contributed by atoms with Crippen LogP contribution in [0.4, 0.5) is 4.39 Å². The van der Waals surface area contributed by atoms with Gasteiger partial charge in [0.05, 0.1) is 11.4 Å². The van der Waals surface area contributed by atoms with E-state index in [0.29, 0.717) is 10.8 Å². The number of carbonyl (C=O) groups is 1. The van der Waals surface area contributed by atoms with Gasteiger partial charge in [-0.25, -0.2) is 4.39 Å². The average molecular weight is 253 g/mol. The van der Waals surface area contributed by atoms with Crippen molar-refractivity contribution in [1.82, 2.24) is 14.8 Å². The standard InChI is InChI=1S/C10H8FN3O2S/c11-7-3-1-2-4-8(7)14-6-12-13-10(14)17-5-9(15)16/h1-4,6H,5H2,(H,15,16). The van der Waals surface area contributed by atoms with E-state index < -0.39 is 11.8 Å². The Kier molecular flexibility index (Phi) is 3.38. The third kappa shape index (κ3) is 2.62. The fraction of sp³-hybridized carbons (Fsp3) is 0.100. The molecule has 5 nitrogen and oxygen atoms in total. The first-order valence-electron chi connectivity index (χ1n) is 4.68. The van der Waals surface area contributed by atoms with Crippen molar-refractivity contribution >= 4 is 17.7 Å². The van der Waals surface area contributed by atoms with Crippen LogP contribution in [0.15, 0.2) is 35.7 Å². The van der Waals surface area contributed by atoms with E-state index in [2.05, 4.69) is 10.2 Å². The quantitative estimate of drug-likeness (QED) is 0.838. The third-order valence-electron chi connectivity index (χ3n) is 1.95. The van der Waals surface area contributed by atoms with Crippen molar-refractivity contribution in [2.45, 2.75) is 5.16 Å². The molecule has 1 heterocycles. The van der Waals surface area contributed by atoms with Crippen LogP contribution in [0.5, 0.6) is 0 Å². The molecule has 17 heavy (non-hydrogen) atoms. The number of para-hydroxylation sites is 1. The molecule has 0 saturated carbocycles. The molecule has 2 aromatic rings. The first kappa shape index (κ1) is 11.6. The molecule has 0 unspecified atom stereocenters. The van der Waals surface area contributed by atoms with Crippen molar-refractivity contribution in [1.29, 1.82) is 0 Å². The summed E-state index contributed by atoms with van der Waals surface area (Å²) in [6.07, 6.45) is 1.35. The third-order valence-corrected chi connectivity index (χ3v) is 2.88. The molecular formula is C10H8FN3O2S. The fourth-order valence-corrected chi connectivity index (χ4v) is 1.90. The minimum absolute atomic E-state index is 0.146. The molecule has 1 aromatic carbocycles. The van der Waals surface area contributed by atoms with Crippen LogP contribution < -0.4 is 0 Å². The van der Waals surface area contributed by atoms with Gasteiger partial charge >= 0.3 is 5.97 Å². The van der Waals surface area contributed by atoms with Crippen molar-refractivity contribution in [3.05, 3.63) is 36.4 Å². The molecule has 0 aliphatic heterocycles. The van der Waals surface area contributed by atoms with E-state index in [0.717, 1.165) is 11.8 Å². The molecule has 0 fully saturated rings. The number of carboxylic acid groups (broad SMARTS) is 1. The van der Waals surface area contributed by atoms with Crippen LogP contribution in [0.25, 0.3) is 5.69 Å². The molecule has 0 saturated heterocycles. The van der Waals surface area contributed by atoms with Gasteiger partial charge in [-0.2, -0.15) is 0 Å². The normalized spacial score (nSPS) is 10.4. The second kappa shape index (κ2) is 4.96. The molecule has 0 radical (unpaired) electrons. The average Bonchev–Trinajstić information content (AvgIpc) is 2.75. The van der Waals surface area contributed by atoms with E-state index in [1.54, 1.807) is 18.2 Å². The van der Waals surface area contributed by atoms with Crippen LogP contribution in [0.1, 0.15) is 0 Å². The topological polar surface area (TPSA) is 68.0 Å². The lowest BCUT2D eigenvalue weighted by Gasteiger charge is -2.05. The van der Waals surface area contributed by atoms with E-state index in [1.165, 1.54) is 17.0 Å². The molecule has 0 spiro atoms. The van der Waals surface area contributed by atoms with E-state index >= 15 is 0 Å². The number of benzene rings is 1. The number of thioether (sulfide) groups is 1. The number of nitrogens with zero attached hydrogens (tertiary/aromatic N) is 3. The molecule has 1 N–H and O–H groups in total. The zero-order valence-electron chi connectivity index (χ0n) is 8.58. The van der Waals surface area contributed by atoms with Gasteiger partial charge in [-0.05, 0) is 12.1 Å². The van der Waals surface area contributed by atoms with E-state index in [-0.39, 0.29) is 5.75 Å². The van der Waals surface area contributed by atoms with Gasteiger partial charge in [0.1, 0.15) is 12.1 Å². The SMILES string of the molecule is O=C(O)CSc1nncn1-c1ccccc1F. The maximum atomic E-state index is 13.5. The Labute approximate surface area is 100 Å². The lowest BCUT2D eigenvalue weighted by Crippen LogP contribution is -2.02. The minimum atomic E-state index is -0.960. The monoisotopic (exact) mass is 253 g/mol. The Morgan fingerprint density at radius 2 is 2.24 bits per heavy atom. The van der Waals surface area contributed by atoms with Crippen molar-refractivity contribution in [2.75, 3.05) is 5.75 Å². The predicted molar refractivity (Wildman–Crippen MR) is 59.7 cm³/mol. The van der Waals surface area contributed by atoms with Crippen LogP contribution in [0, 0.1) is 5.82 Å². The zero-order chi connectivity index (χ0) is 12.3. The number of aliphatic carboxylic acids is 1. The van der Waals surface area contributed by atoms with Crippen LogP contribution in [0.3, 0.4) is 0 Å². The molecule has 1 aromatic heterocycles. The van der Waals surface area contributed by atoms with Gasteiger partial charge in [0.2, 0.25) is 0 Å². The molecule has 0 aliphatic rings. The Hall–Kier alpha value is -1.89. The number of aromatic nitrogens is 3. The van der Waals surface area contributed by atoms with Gasteiger partial charge in [-0.1, -0.05) is 23.9 Å². The maximum Gasteiger partial charge on any atom is 0.313 e. The van der Waals surface area contributed by atoms with E-state index in [1.807, 2.05) is 0 Å². The van der Waals surface area contributed by atoms with Crippen LogP contribution >= 0.6 is 11.8 Å². The Bertz CT molecular complexity index is 544. The first-order chi connectivity index (χ1) is 8.18. The van der Waals surface area contributed by atoms with Crippen LogP contribution in [-0.2, 0) is 4.79 Å². The van der Waals surface area contributed by atoms with Gasteiger partial charge < -0.3 is 5.11 Å². The lowest BCUT2D eigenvalue weighted by molar-refractivity contribution is -0.133. The number of rotatable bonds is 4. The summed E-state index contributed by atoms with van der Waals surface area (Å²) in [5.74, 6) is -1.52. The number of carboxylic acids is 1. The summed E-state index contributed by atoms with van der Waals surface area (Å²) in [6.45, 7) is 0. The highest BCUT2D eigenvalue weighted by Gasteiger charge is 2.11. The highest BCUT2D eigenvalue weighted by Crippen LogP contribution is 2.20. The minimum Gasteiger partial charge on any atom is -0.481 e. The van der Waals surface area contributed by atoms with Gasteiger partial charge in [-0.3, -0.25) is 9.36 Å². The summed E-state index contributed by atoms with van der Waals surface area (Å²) in [5, 5.41) is 16.3. The summed E-state index contributed by atoms with van der Waals surface area (Å²) in [7, 11) is 0. The molecular weight excluding hydrogens is 245 g/mol. The second-order valence-corrected chi connectivity index (χ2v) is 4.06. The summed E-state index contributed by atoms with van der Waals surface area (Å²) in [6, 6.07) is 6.15. The molecule has 0 aliphatic carbocycles. The molecule has 2 rings (SSSR count). The maximum absolute atomic E-state index is 13.5. The number of halogens is 1. The molecule has 0 atom stereocenters. The number of hydrogen-bond donors (Lipinski definition) is 1. The summed E-state index contributed by atoms with van der Waals surface area (Å²) < 4.78 is 14.9.